The first-order chi connectivity index (χ1) is 14.3. The molecule has 30 heavy (non-hydrogen) atoms. The number of benzene rings is 2. The smallest absolute Gasteiger partial charge is 0.254 e. The molecule has 1 amide bonds. The van der Waals surface area contributed by atoms with Gasteiger partial charge in [0.2, 0.25) is 5.72 Å². The molecule has 156 valence electrons. The van der Waals surface area contributed by atoms with Gasteiger partial charge in [0.15, 0.2) is 6.10 Å². The van der Waals surface area contributed by atoms with Gasteiger partial charge in [-0.15, -0.1) is 0 Å². The van der Waals surface area contributed by atoms with E-state index >= 15 is 0 Å². The van der Waals surface area contributed by atoms with E-state index in [-0.39, 0.29) is 11.5 Å². The topological polar surface area (TPSA) is 65.4 Å². The molecule has 0 spiro atoms. The third kappa shape index (κ3) is 4.28. The average molecular weight is 405 g/mol. The summed E-state index contributed by atoms with van der Waals surface area (Å²) in [7, 11) is 4.99. The van der Waals surface area contributed by atoms with Crippen LogP contribution in [0.1, 0.15) is 24.2 Å². The number of carbonyl (C=O) groups excluding carboxylic acids is 1. The van der Waals surface area contributed by atoms with E-state index in [4.69, 9.17) is 4.84 Å². The van der Waals surface area contributed by atoms with Crippen molar-refractivity contribution in [3.8, 4) is 0 Å². The number of rotatable bonds is 6. The fraction of sp³-hybridized carbons (Fsp3) is 0.250. The molecule has 3 rings (SSSR count). The Morgan fingerprint density at radius 2 is 1.60 bits per heavy atom. The zero-order valence-electron chi connectivity index (χ0n) is 17.7. The van der Waals surface area contributed by atoms with E-state index < -0.39 is 11.8 Å². The van der Waals surface area contributed by atoms with Crippen LogP contribution in [0.25, 0.3) is 0 Å². The van der Waals surface area contributed by atoms with E-state index in [0.29, 0.717) is 0 Å². The van der Waals surface area contributed by atoms with Crippen molar-refractivity contribution in [2.24, 2.45) is 5.16 Å². The Bertz CT molecular complexity index is 928. The Labute approximate surface area is 177 Å². The maximum Gasteiger partial charge on any atom is 0.254 e. The average Bonchev–Trinajstić information content (AvgIpc) is 2.76. The summed E-state index contributed by atoms with van der Waals surface area (Å²) in [6.45, 7) is 1.85. The molecular formula is C24H27N3O3. The first kappa shape index (κ1) is 21.3. The summed E-state index contributed by atoms with van der Waals surface area (Å²) in [5.41, 5.74) is 1.13. The second kappa shape index (κ2) is 8.97. The molecule has 6 heteroatoms. The van der Waals surface area contributed by atoms with Crippen molar-refractivity contribution in [1.82, 2.24) is 9.80 Å². The predicted molar refractivity (Wildman–Crippen MR) is 118 cm³/mol. The normalized spacial score (nSPS) is 18.9. The molecule has 0 saturated carbocycles. The number of hydrogen-bond acceptors (Lipinski definition) is 5. The molecular weight excluding hydrogens is 378 g/mol. The van der Waals surface area contributed by atoms with E-state index in [1.54, 1.807) is 38.2 Å². The molecule has 0 bridgehead atoms. The van der Waals surface area contributed by atoms with E-state index in [1.807, 2.05) is 67.6 Å². The summed E-state index contributed by atoms with van der Waals surface area (Å²) >= 11 is 0. The second-order valence-corrected chi connectivity index (χ2v) is 7.41. The van der Waals surface area contributed by atoms with Crippen LogP contribution < -0.4 is 0 Å². The lowest BCUT2D eigenvalue weighted by atomic mass is 9.96. The summed E-state index contributed by atoms with van der Waals surface area (Å²) < 4.78 is 0. The lowest BCUT2D eigenvalue weighted by Gasteiger charge is -2.40. The third-order valence-electron chi connectivity index (χ3n) is 5.17. The summed E-state index contributed by atoms with van der Waals surface area (Å²) in [4.78, 5) is 21.5. The number of carbonyl (C=O) groups is 1. The van der Waals surface area contributed by atoms with Gasteiger partial charge in [0.25, 0.3) is 5.91 Å². The number of hydrogen-bond donors (Lipinski definition) is 1. The summed E-state index contributed by atoms with van der Waals surface area (Å²) in [5, 5.41) is 15.5. The number of allylic oxidation sites excluding steroid dienone is 3. The summed E-state index contributed by atoms with van der Waals surface area (Å²) in [6.07, 6.45) is 4.23. The van der Waals surface area contributed by atoms with Crippen molar-refractivity contribution >= 4 is 12.1 Å². The molecule has 1 aliphatic heterocycles. The van der Waals surface area contributed by atoms with Crippen LogP contribution in [0.2, 0.25) is 0 Å². The number of likely N-dealkylation sites (N-methyl/N-ethyl adjacent to an activating group) is 2. The molecule has 1 heterocycles. The van der Waals surface area contributed by atoms with Crippen molar-refractivity contribution in [3.63, 3.8) is 0 Å². The van der Waals surface area contributed by atoms with Crippen LogP contribution in [0.3, 0.4) is 0 Å². The first-order valence-corrected chi connectivity index (χ1v) is 9.71. The van der Waals surface area contributed by atoms with Gasteiger partial charge in [0, 0.05) is 26.8 Å². The molecule has 1 aliphatic rings. The van der Waals surface area contributed by atoms with Crippen molar-refractivity contribution in [1.29, 1.82) is 0 Å². The molecule has 2 aromatic carbocycles. The van der Waals surface area contributed by atoms with Gasteiger partial charge >= 0.3 is 0 Å². The van der Waals surface area contributed by atoms with Crippen molar-refractivity contribution in [2.75, 3.05) is 21.1 Å². The van der Waals surface area contributed by atoms with Crippen LogP contribution >= 0.6 is 0 Å². The van der Waals surface area contributed by atoms with Gasteiger partial charge in [-0.2, -0.15) is 0 Å². The molecule has 1 N–H and O–H groups in total. The van der Waals surface area contributed by atoms with Crippen LogP contribution in [-0.2, 0) is 9.63 Å². The highest BCUT2D eigenvalue weighted by atomic mass is 16.6. The Morgan fingerprint density at radius 3 is 2.10 bits per heavy atom. The highest BCUT2D eigenvalue weighted by Crippen LogP contribution is 2.30. The van der Waals surface area contributed by atoms with Crippen LogP contribution in [-0.4, -0.2) is 53.9 Å². The van der Waals surface area contributed by atoms with Crippen molar-refractivity contribution in [3.05, 3.63) is 95.2 Å². The molecule has 0 fully saturated rings. The van der Waals surface area contributed by atoms with Gasteiger partial charge in [0.05, 0.1) is 5.57 Å². The van der Waals surface area contributed by atoms with Crippen LogP contribution in [0, 0.1) is 0 Å². The van der Waals surface area contributed by atoms with Crippen LogP contribution in [0.5, 0.6) is 0 Å². The summed E-state index contributed by atoms with van der Waals surface area (Å²) in [5.74, 6) is -0.304. The van der Waals surface area contributed by atoms with Gasteiger partial charge in [-0.25, -0.2) is 0 Å². The molecule has 2 aromatic rings. The lowest BCUT2D eigenvalue weighted by molar-refractivity contribution is -0.128. The minimum atomic E-state index is -1.72. The zero-order chi connectivity index (χ0) is 21.7. The van der Waals surface area contributed by atoms with Gasteiger partial charge in [-0.3, -0.25) is 4.79 Å². The summed E-state index contributed by atoms with van der Waals surface area (Å²) in [6, 6.07) is 19.5. The standard InChI is InChI=1S/C24H27N3O3/c1-18-15-16-21(23(28)26(2)3)24(29,27(18)4)17-25-30-22(19-11-7-5-8-12-19)20-13-9-6-10-14-20/h5-17,22,29H,1-4H3. The quantitative estimate of drug-likeness (QED) is 0.591. The fourth-order valence-corrected chi connectivity index (χ4v) is 3.25. The van der Waals surface area contributed by atoms with E-state index in [1.165, 1.54) is 11.1 Å². The molecule has 0 saturated heterocycles. The minimum Gasteiger partial charge on any atom is -0.383 e. The van der Waals surface area contributed by atoms with Crippen molar-refractivity contribution in [2.45, 2.75) is 18.8 Å². The van der Waals surface area contributed by atoms with Gasteiger partial charge in [0.1, 0.15) is 6.21 Å². The fourth-order valence-electron chi connectivity index (χ4n) is 3.25. The molecule has 1 atom stereocenters. The maximum atomic E-state index is 12.6. The molecule has 0 aromatic heterocycles. The van der Waals surface area contributed by atoms with Crippen molar-refractivity contribution < 1.29 is 14.7 Å². The molecule has 0 aliphatic carbocycles. The number of aliphatic hydroxyl groups is 1. The van der Waals surface area contributed by atoms with Gasteiger partial charge in [-0.1, -0.05) is 65.8 Å². The highest BCUT2D eigenvalue weighted by molar-refractivity contribution is 6.00. The van der Waals surface area contributed by atoms with E-state index in [2.05, 4.69) is 5.16 Å². The predicted octanol–water partition coefficient (Wildman–Crippen LogP) is 3.33. The SMILES string of the molecule is CC1=CC=C(C(=O)N(C)C)C(O)(C=NOC(c2ccccc2)c2ccccc2)N1C. The molecule has 0 radical (unpaired) electrons. The largest absolute Gasteiger partial charge is 0.383 e. The van der Waals surface area contributed by atoms with E-state index in [9.17, 15) is 9.90 Å². The lowest BCUT2D eigenvalue weighted by Crippen LogP contribution is -2.53. The first-order valence-electron chi connectivity index (χ1n) is 9.71. The van der Waals surface area contributed by atoms with Gasteiger partial charge < -0.3 is 19.7 Å². The Kier molecular flexibility index (Phi) is 6.37. The van der Waals surface area contributed by atoms with Crippen LogP contribution in [0.15, 0.2) is 89.2 Å². The Hall–Kier alpha value is -3.38. The van der Waals surface area contributed by atoms with Crippen LogP contribution in [0.4, 0.5) is 0 Å². The zero-order valence-corrected chi connectivity index (χ0v) is 17.7. The number of oxime groups is 1. The highest BCUT2D eigenvalue weighted by Gasteiger charge is 2.41. The Morgan fingerprint density at radius 1 is 1.07 bits per heavy atom. The molecule has 6 nitrogen and oxygen atoms in total. The van der Waals surface area contributed by atoms with E-state index in [0.717, 1.165) is 16.8 Å². The number of amides is 1. The minimum absolute atomic E-state index is 0.198. The van der Waals surface area contributed by atoms with Gasteiger partial charge in [-0.05, 0) is 30.2 Å². The Balaban J connectivity index is 1.92. The monoisotopic (exact) mass is 405 g/mol. The molecule has 1 unspecified atom stereocenters. The number of nitrogens with zero attached hydrogens (tertiary/aromatic N) is 3. The maximum absolute atomic E-state index is 12.6. The second-order valence-electron chi connectivity index (χ2n) is 7.41. The third-order valence-corrected chi connectivity index (χ3v) is 5.17.